The van der Waals surface area contributed by atoms with Crippen molar-refractivity contribution in [3.8, 4) is 0 Å². The maximum absolute atomic E-state index is 13.7. The van der Waals surface area contributed by atoms with Crippen molar-refractivity contribution in [1.82, 2.24) is 4.90 Å². The molecule has 0 aliphatic heterocycles. The molecule has 5 aliphatic rings. The van der Waals surface area contributed by atoms with Gasteiger partial charge in [-0.1, -0.05) is 12.1 Å². The lowest BCUT2D eigenvalue weighted by Crippen LogP contribution is -2.59. The Labute approximate surface area is 153 Å². The highest BCUT2D eigenvalue weighted by atomic mass is 35.5. The predicted molar refractivity (Wildman–Crippen MR) is 95.7 cm³/mol. The van der Waals surface area contributed by atoms with E-state index in [2.05, 4.69) is 4.90 Å². The van der Waals surface area contributed by atoms with E-state index in [4.69, 9.17) is 11.6 Å². The largest absolute Gasteiger partial charge is 0.335 e. The molecular weight excluding hydrogens is 337 g/mol. The second kappa shape index (κ2) is 5.45. The van der Waals surface area contributed by atoms with Gasteiger partial charge in [0.15, 0.2) is 0 Å². The quantitative estimate of drug-likeness (QED) is 0.699. The molecule has 0 N–H and O–H groups in total. The molecule has 4 bridgehead atoms. The molecule has 0 heterocycles. The number of hydrogen-bond donors (Lipinski definition) is 0. The SMILES string of the molecule is O=C(N(Cc1ccc(F)cc1)C1CC1)C12CC3CC(CC(Cl)(C3)C1)C2. The number of carbonyl (C=O) groups excluding carboxylic acids is 1. The molecule has 1 aromatic carbocycles. The van der Waals surface area contributed by atoms with Crippen molar-refractivity contribution in [3.63, 3.8) is 0 Å². The maximum atomic E-state index is 13.7. The zero-order chi connectivity index (χ0) is 17.2. The van der Waals surface area contributed by atoms with Crippen molar-refractivity contribution in [2.45, 2.75) is 68.8 Å². The van der Waals surface area contributed by atoms with Gasteiger partial charge in [0, 0.05) is 17.5 Å². The summed E-state index contributed by atoms with van der Waals surface area (Å²) in [4.78, 5) is 15.6. The van der Waals surface area contributed by atoms with Crippen LogP contribution in [0.5, 0.6) is 0 Å². The van der Waals surface area contributed by atoms with Gasteiger partial charge >= 0.3 is 0 Å². The van der Waals surface area contributed by atoms with Crippen molar-refractivity contribution < 1.29 is 9.18 Å². The summed E-state index contributed by atoms with van der Waals surface area (Å²) in [5, 5.41) is 0. The van der Waals surface area contributed by atoms with Crippen LogP contribution in [0.25, 0.3) is 0 Å². The Bertz CT molecular complexity index is 684. The lowest BCUT2D eigenvalue weighted by atomic mass is 9.49. The topological polar surface area (TPSA) is 20.3 Å². The fourth-order valence-corrected chi connectivity index (χ4v) is 6.94. The first-order chi connectivity index (χ1) is 11.9. The molecule has 25 heavy (non-hydrogen) atoms. The van der Waals surface area contributed by atoms with Crippen molar-refractivity contribution >= 4 is 17.5 Å². The molecular formula is C21H25ClFNO. The number of hydrogen-bond acceptors (Lipinski definition) is 1. The molecule has 0 spiro atoms. The molecule has 5 fully saturated rings. The molecule has 2 atom stereocenters. The minimum atomic E-state index is -0.228. The third kappa shape index (κ3) is 2.79. The van der Waals surface area contributed by atoms with Gasteiger partial charge in [-0.15, -0.1) is 11.6 Å². The van der Waals surface area contributed by atoms with E-state index in [0.717, 1.165) is 50.5 Å². The van der Waals surface area contributed by atoms with Crippen molar-refractivity contribution in [1.29, 1.82) is 0 Å². The molecule has 4 heteroatoms. The second-order valence-corrected chi connectivity index (χ2v) is 9.98. The van der Waals surface area contributed by atoms with Gasteiger partial charge in [-0.3, -0.25) is 4.79 Å². The lowest BCUT2D eigenvalue weighted by molar-refractivity contribution is -0.157. The van der Waals surface area contributed by atoms with Crippen LogP contribution in [0.15, 0.2) is 24.3 Å². The molecule has 0 saturated heterocycles. The summed E-state index contributed by atoms with van der Waals surface area (Å²) >= 11 is 6.93. The van der Waals surface area contributed by atoms with Gasteiger partial charge < -0.3 is 4.90 Å². The molecule has 134 valence electrons. The first-order valence-corrected chi connectivity index (χ1v) is 10.1. The van der Waals surface area contributed by atoms with E-state index in [0.29, 0.717) is 30.3 Å². The van der Waals surface area contributed by atoms with Gasteiger partial charge in [0.05, 0.1) is 5.41 Å². The van der Waals surface area contributed by atoms with Crippen LogP contribution in [0.1, 0.15) is 56.9 Å². The summed E-state index contributed by atoms with van der Waals surface area (Å²) < 4.78 is 13.2. The Hall–Kier alpha value is -1.09. The van der Waals surface area contributed by atoms with Crippen LogP contribution in [0.4, 0.5) is 4.39 Å². The predicted octanol–water partition coefficient (Wildman–Crippen LogP) is 4.89. The van der Waals surface area contributed by atoms with E-state index < -0.39 is 0 Å². The van der Waals surface area contributed by atoms with E-state index >= 15 is 0 Å². The van der Waals surface area contributed by atoms with Crippen LogP contribution in [-0.4, -0.2) is 21.7 Å². The fourth-order valence-electron chi connectivity index (χ4n) is 6.25. The Kier molecular flexibility index (Phi) is 3.51. The van der Waals surface area contributed by atoms with Gasteiger partial charge in [-0.05, 0) is 80.9 Å². The van der Waals surface area contributed by atoms with Crippen LogP contribution in [-0.2, 0) is 11.3 Å². The van der Waals surface area contributed by atoms with E-state index in [1.54, 1.807) is 12.1 Å². The zero-order valence-electron chi connectivity index (χ0n) is 14.5. The van der Waals surface area contributed by atoms with E-state index in [1.165, 1.54) is 18.6 Å². The Morgan fingerprint density at radius 2 is 1.76 bits per heavy atom. The Balaban J connectivity index is 1.42. The number of carbonyl (C=O) groups is 1. The monoisotopic (exact) mass is 361 g/mol. The maximum Gasteiger partial charge on any atom is 0.229 e. The van der Waals surface area contributed by atoms with Gasteiger partial charge in [0.1, 0.15) is 5.82 Å². The fraction of sp³-hybridized carbons (Fsp3) is 0.667. The van der Waals surface area contributed by atoms with Crippen LogP contribution < -0.4 is 0 Å². The average Bonchev–Trinajstić information content (AvgIpc) is 3.36. The van der Waals surface area contributed by atoms with Crippen molar-refractivity contribution in [3.05, 3.63) is 35.6 Å². The molecule has 2 nitrogen and oxygen atoms in total. The summed E-state index contributed by atoms with van der Waals surface area (Å²) in [7, 11) is 0. The number of halogens is 2. The van der Waals surface area contributed by atoms with Gasteiger partial charge in [-0.25, -0.2) is 4.39 Å². The average molecular weight is 362 g/mol. The van der Waals surface area contributed by atoms with Gasteiger partial charge in [0.2, 0.25) is 5.91 Å². The number of alkyl halides is 1. The number of amides is 1. The number of benzene rings is 1. The normalized spacial score (nSPS) is 38.8. The molecule has 1 amide bonds. The van der Waals surface area contributed by atoms with Crippen LogP contribution in [0, 0.1) is 23.1 Å². The molecule has 0 aromatic heterocycles. The van der Waals surface area contributed by atoms with Gasteiger partial charge in [-0.2, -0.15) is 0 Å². The second-order valence-electron chi connectivity index (χ2n) is 9.18. The molecule has 2 unspecified atom stereocenters. The van der Waals surface area contributed by atoms with Crippen molar-refractivity contribution in [2.75, 3.05) is 0 Å². The standard InChI is InChI=1S/C21H25ClFNO/c22-21-10-15-7-16(11-21)9-20(8-15,13-21)19(25)24(18-5-6-18)12-14-1-3-17(23)4-2-14/h1-4,15-16,18H,5-13H2. The summed E-state index contributed by atoms with van der Waals surface area (Å²) in [5.41, 5.74) is 0.793. The van der Waals surface area contributed by atoms with Crippen molar-refractivity contribution in [2.24, 2.45) is 17.3 Å². The molecule has 6 rings (SSSR count). The third-order valence-electron chi connectivity index (χ3n) is 6.96. The van der Waals surface area contributed by atoms with Crippen LogP contribution in [0.3, 0.4) is 0 Å². The highest BCUT2D eigenvalue weighted by Crippen LogP contribution is 2.64. The van der Waals surface area contributed by atoms with Crippen LogP contribution in [0.2, 0.25) is 0 Å². The first kappa shape index (κ1) is 16.1. The minimum Gasteiger partial charge on any atom is -0.335 e. The van der Waals surface area contributed by atoms with E-state index in [9.17, 15) is 9.18 Å². The smallest absolute Gasteiger partial charge is 0.229 e. The van der Waals surface area contributed by atoms with E-state index in [1.807, 2.05) is 0 Å². The third-order valence-corrected chi connectivity index (χ3v) is 7.40. The molecule has 5 saturated carbocycles. The summed E-state index contributed by atoms with van der Waals surface area (Å²) in [5.74, 6) is 1.38. The number of rotatable bonds is 4. The minimum absolute atomic E-state index is 0.134. The van der Waals surface area contributed by atoms with Crippen LogP contribution >= 0.6 is 11.6 Å². The lowest BCUT2D eigenvalue weighted by Gasteiger charge is -2.59. The summed E-state index contributed by atoms with van der Waals surface area (Å²) in [6.45, 7) is 0.607. The number of nitrogens with zero attached hydrogens (tertiary/aromatic N) is 1. The molecule has 5 aliphatic carbocycles. The van der Waals surface area contributed by atoms with Gasteiger partial charge in [0.25, 0.3) is 0 Å². The summed E-state index contributed by atoms with van der Waals surface area (Å²) in [6, 6.07) is 6.96. The zero-order valence-corrected chi connectivity index (χ0v) is 15.3. The highest BCUT2D eigenvalue weighted by molar-refractivity contribution is 6.24. The Morgan fingerprint density at radius 1 is 1.12 bits per heavy atom. The van der Waals surface area contributed by atoms with E-state index in [-0.39, 0.29) is 16.1 Å². The molecule has 1 aromatic rings. The first-order valence-electron chi connectivity index (χ1n) is 9.69. The Morgan fingerprint density at radius 3 is 2.32 bits per heavy atom. The summed E-state index contributed by atoms with van der Waals surface area (Å²) in [6.07, 6.45) is 8.59. The highest BCUT2D eigenvalue weighted by Gasteiger charge is 2.61. The molecule has 0 radical (unpaired) electrons.